The summed E-state index contributed by atoms with van der Waals surface area (Å²) in [5, 5.41) is 14.5. The number of amides is 1. The Balaban J connectivity index is 1.82. The molecule has 3 rings (SSSR count). The largest absolute Gasteiger partial charge is 0.337 e. The lowest BCUT2D eigenvalue weighted by atomic mass is 9.94. The van der Waals surface area contributed by atoms with Crippen LogP contribution in [-0.2, 0) is 0 Å². The molecule has 1 aromatic rings. The Kier molecular flexibility index (Phi) is 3.82. The second-order valence-corrected chi connectivity index (χ2v) is 6.00. The van der Waals surface area contributed by atoms with Gasteiger partial charge in [0.2, 0.25) is 0 Å². The van der Waals surface area contributed by atoms with Gasteiger partial charge in [0.1, 0.15) is 0 Å². The van der Waals surface area contributed by atoms with E-state index in [1.807, 2.05) is 0 Å². The van der Waals surface area contributed by atoms with E-state index in [4.69, 9.17) is 11.6 Å². The number of hydrogen-bond donors (Lipinski definition) is 1. The fourth-order valence-electron chi connectivity index (χ4n) is 3.17. The average molecular weight is 310 g/mol. The number of nitro benzene ring substituents is 1. The molecule has 2 heterocycles. The van der Waals surface area contributed by atoms with Crippen LogP contribution in [0.2, 0.25) is 5.02 Å². The number of carbonyl (C=O) groups excluding carboxylic acids is 1. The topological polar surface area (TPSA) is 75.5 Å². The zero-order chi connectivity index (χ0) is 15.0. The number of nitrogens with zero attached hydrogens (tertiary/aromatic N) is 2. The lowest BCUT2D eigenvalue weighted by molar-refractivity contribution is -0.384. The highest BCUT2D eigenvalue weighted by atomic mass is 35.5. The molecule has 0 aliphatic carbocycles. The van der Waals surface area contributed by atoms with Gasteiger partial charge in [-0.2, -0.15) is 0 Å². The number of nitrogens with one attached hydrogen (secondary N) is 1. The predicted octanol–water partition coefficient (Wildman–Crippen LogP) is 2.07. The summed E-state index contributed by atoms with van der Waals surface area (Å²) in [5.74, 6) is 0.250. The number of nitro groups is 1. The SMILES string of the molecule is O=C(c1cc([N+](=O)[O-])ccc1Cl)N1CC2CCCNC2C1. The number of non-ortho nitro benzene ring substituents is 1. The molecule has 112 valence electrons. The number of rotatable bonds is 2. The summed E-state index contributed by atoms with van der Waals surface area (Å²) in [5.41, 5.74) is 0.0991. The number of hydrogen-bond acceptors (Lipinski definition) is 4. The third-order valence-corrected chi connectivity index (χ3v) is 4.61. The molecule has 0 bridgehead atoms. The van der Waals surface area contributed by atoms with Gasteiger partial charge in [0, 0.05) is 31.3 Å². The van der Waals surface area contributed by atoms with Crippen molar-refractivity contribution in [1.82, 2.24) is 10.2 Å². The third kappa shape index (κ3) is 2.73. The van der Waals surface area contributed by atoms with Crippen LogP contribution >= 0.6 is 11.6 Å². The molecule has 2 unspecified atom stereocenters. The molecular weight excluding hydrogens is 294 g/mol. The Bertz CT molecular complexity index is 579. The van der Waals surface area contributed by atoms with Gasteiger partial charge < -0.3 is 10.2 Å². The van der Waals surface area contributed by atoms with Gasteiger partial charge in [-0.05, 0) is 31.4 Å². The van der Waals surface area contributed by atoms with Gasteiger partial charge in [-0.25, -0.2) is 0 Å². The molecule has 6 nitrogen and oxygen atoms in total. The fourth-order valence-corrected chi connectivity index (χ4v) is 3.37. The first-order chi connectivity index (χ1) is 10.1. The van der Waals surface area contributed by atoms with E-state index >= 15 is 0 Å². The highest BCUT2D eigenvalue weighted by molar-refractivity contribution is 6.33. The van der Waals surface area contributed by atoms with E-state index < -0.39 is 4.92 Å². The van der Waals surface area contributed by atoms with E-state index in [1.165, 1.54) is 18.2 Å². The van der Waals surface area contributed by atoms with Gasteiger partial charge in [0.25, 0.3) is 11.6 Å². The zero-order valence-corrected chi connectivity index (χ0v) is 12.2. The molecule has 2 aliphatic heterocycles. The maximum Gasteiger partial charge on any atom is 0.270 e. The number of benzene rings is 1. The van der Waals surface area contributed by atoms with Gasteiger partial charge in [-0.3, -0.25) is 14.9 Å². The van der Waals surface area contributed by atoms with E-state index in [0.717, 1.165) is 19.4 Å². The van der Waals surface area contributed by atoms with Gasteiger partial charge in [-0.1, -0.05) is 11.6 Å². The maximum absolute atomic E-state index is 12.6. The van der Waals surface area contributed by atoms with Crippen LogP contribution < -0.4 is 5.32 Å². The highest BCUT2D eigenvalue weighted by Crippen LogP contribution is 2.29. The molecular formula is C14H16ClN3O3. The summed E-state index contributed by atoms with van der Waals surface area (Å²) in [4.78, 5) is 24.7. The highest BCUT2D eigenvalue weighted by Gasteiger charge is 2.37. The summed E-state index contributed by atoms with van der Waals surface area (Å²) in [6.07, 6.45) is 2.24. The molecule has 2 atom stereocenters. The number of halogens is 1. The van der Waals surface area contributed by atoms with Crippen molar-refractivity contribution >= 4 is 23.2 Å². The van der Waals surface area contributed by atoms with E-state index in [0.29, 0.717) is 25.0 Å². The van der Waals surface area contributed by atoms with Crippen LogP contribution in [0.1, 0.15) is 23.2 Å². The minimum Gasteiger partial charge on any atom is -0.337 e. The molecule has 0 spiro atoms. The normalized spacial score (nSPS) is 24.7. The first kappa shape index (κ1) is 14.3. The van der Waals surface area contributed by atoms with Crippen LogP contribution in [0.15, 0.2) is 18.2 Å². The Morgan fingerprint density at radius 1 is 1.43 bits per heavy atom. The molecule has 7 heteroatoms. The van der Waals surface area contributed by atoms with E-state index in [2.05, 4.69) is 5.32 Å². The van der Waals surface area contributed by atoms with E-state index in [-0.39, 0.29) is 22.2 Å². The fraction of sp³-hybridized carbons (Fsp3) is 0.500. The van der Waals surface area contributed by atoms with Crippen molar-refractivity contribution in [2.45, 2.75) is 18.9 Å². The molecule has 2 saturated heterocycles. The number of likely N-dealkylation sites (tertiary alicyclic amines) is 1. The molecule has 0 radical (unpaired) electrons. The standard InChI is InChI=1S/C14H16ClN3O3/c15-12-4-3-10(18(20)21)6-11(12)14(19)17-7-9-2-1-5-16-13(9)8-17/h3-4,6,9,13,16H,1-2,5,7-8H2. The van der Waals surface area contributed by atoms with Gasteiger partial charge in [0.05, 0.1) is 15.5 Å². The Hall–Kier alpha value is -1.66. The van der Waals surface area contributed by atoms with Crippen LogP contribution in [0.25, 0.3) is 0 Å². The molecule has 0 saturated carbocycles. The van der Waals surface area contributed by atoms with Crippen molar-refractivity contribution in [3.8, 4) is 0 Å². The first-order valence-corrected chi connectivity index (χ1v) is 7.40. The van der Waals surface area contributed by atoms with Gasteiger partial charge in [0.15, 0.2) is 0 Å². The van der Waals surface area contributed by atoms with Crippen molar-refractivity contribution in [3.05, 3.63) is 38.9 Å². The molecule has 1 aromatic carbocycles. The van der Waals surface area contributed by atoms with E-state index in [1.54, 1.807) is 4.90 Å². The lowest BCUT2D eigenvalue weighted by Gasteiger charge is -2.24. The maximum atomic E-state index is 12.6. The molecule has 21 heavy (non-hydrogen) atoms. The van der Waals surface area contributed by atoms with Crippen LogP contribution in [-0.4, -0.2) is 41.4 Å². The zero-order valence-electron chi connectivity index (χ0n) is 11.4. The lowest BCUT2D eigenvalue weighted by Crippen LogP contribution is -2.41. The number of fused-ring (bicyclic) bond motifs is 1. The number of carbonyl (C=O) groups is 1. The van der Waals surface area contributed by atoms with Crippen LogP contribution in [0, 0.1) is 16.0 Å². The van der Waals surface area contributed by atoms with Crippen molar-refractivity contribution < 1.29 is 9.72 Å². The Morgan fingerprint density at radius 3 is 2.95 bits per heavy atom. The average Bonchev–Trinajstić information content (AvgIpc) is 2.90. The first-order valence-electron chi connectivity index (χ1n) is 7.03. The Morgan fingerprint density at radius 2 is 2.24 bits per heavy atom. The molecule has 2 aliphatic rings. The molecule has 0 aromatic heterocycles. The van der Waals surface area contributed by atoms with Crippen LogP contribution in [0.4, 0.5) is 5.69 Å². The minimum atomic E-state index is -0.515. The van der Waals surface area contributed by atoms with E-state index in [9.17, 15) is 14.9 Å². The summed E-state index contributed by atoms with van der Waals surface area (Å²) in [6.45, 7) is 2.32. The summed E-state index contributed by atoms with van der Waals surface area (Å²) < 4.78 is 0. The second kappa shape index (κ2) is 5.61. The Labute approximate surface area is 127 Å². The smallest absolute Gasteiger partial charge is 0.270 e. The summed E-state index contributed by atoms with van der Waals surface area (Å²) in [7, 11) is 0. The third-order valence-electron chi connectivity index (χ3n) is 4.28. The molecule has 1 amide bonds. The monoisotopic (exact) mass is 309 g/mol. The second-order valence-electron chi connectivity index (χ2n) is 5.59. The van der Waals surface area contributed by atoms with Gasteiger partial charge >= 0.3 is 0 Å². The number of piperidine rings is 1. The van der Waals surface area contributed by atoms with Crippen molar-refractivity contribution in [2.24, 2.45) is 5.92 Å². The molecule has 1 N–H and O–H groups in total. The van der Waals surface area contributed by atoms with Crippen molar-refractivity contribution in [3.63, 3.8) is 0 Å². The molecule has 2 fully saturated rings. The predicted molar refractivity (Wildman–Crippen MR) is 78.5 cm³/mol. The minimum absolute atomic E-state index is 0.113. The van der Waals surface area contributed by atoms with Gasteiger partial charge in [-0.15, -0.1) is 0 Å². The summed E-state index contributed by atoms with van der Waals surface area (Å²) in [6, 6.07) is 4.32. The van der Waals surface area contributed by atoms with Crippen molar-refractivity contribution in [2.75, 3.05) is 19.6 Å². The van der Waals surface area contributed by atoms with Crippen LogP contribution in [0.3, 0.4) is 0 Å². The van der Waals surface area contributed by atoms with Crippen molar-refractivity contribution in [1.29, 1.82) is 0 Å². The summed E-state index contributed by atoms with van der Waals surface area (Å²) >= 11 is 6.04. The quantitative estimate of drug-likeness (QED) is 0.670. The van der Waals surface area contributed by atoms with Crippen LogP contribution in [0.5, 0.6) is 0 Å².